The summed E-state index contributed by atoms with van der Waals surface area (Å²) in [5, 5.41) is 8.99. The summed E-state index contributed by atoms with van der Waals surface area (Å²) >= 11 is 0. The molecule has 124 valence electrons. The standard InChI is InChI=1S/C17H17F2N5/c1-12-4-5-23(16-3-2-13(18)8-15(16)19)6-7-24(12)17-9-14(10-20)21-11-22-17/h2-3,8-9,11-12H,4-7H2,1H3. The highest BCUT2D eigenvalue weighted by molar-refractivity contribution is 5.50. The van der Waals surface area contributed by atoms with E-state index in [-0.39, 0.29) is 6.04 Å². The molecule has 0 spiro atoms. The van der Waals surface area contributed by atoms with Gasteiger partial charge in [-0.2, -0.15) is 5.26 Å². The lowest BCUT2D eigenvalue weighted by atomic mass is 10.2. The first-order valence-corrected chi connectivity index (χ1v) is 7.77. The maximum atomic E-state index is 14.0. The Bertz CT molecular complexity index is 774. The molecular formula is C17H17F2N5. The van der Waals surface area contributed by atoms with Crippen molar-refractivity contribution in [2.45, 2.75) is 19.4 Å². The summed E-state index contributed by atoms with van der Waals surface area (Å²) in [5.74, 6) is -0.438. The molecule has 3 rings (SSSR count). The Morgan fingerprint density at radius 1 is 1.17 bits per heavy atom. The number of aromatic nitrogens is 2. The highest BCUT2D eigenvalue weighted by Gasteiger charge is 2.24. The molecule has 1 saturated heterocycles. The van der Waals surface area contributed by atoms with Gasteiger partial charge in [-0.05, 0) is 25.5 Å². The number of hydrogen-bond acceptors (Lipinski definition) is 5. The fraction of sp³-hybridized carbons (Fsp3) is 0.353. The molecule has 1 unspecified atom stereocenters. The van der Waals surface area contributed by atoms with E-state index in [9.17, 15) is 8.78 Å². The average molecular weight is 329 g/mol. The van der Waals surface area contributed by atoms with Crippen LogP contribution < -0.4 is 9.80 Å². The third kappa shape index (κ3) is 3.27. The van der Waals surface area contributed by atoms with E-state index in [4.69, 9.17) is 5.26 Å². The minimum atomic E-state index is -0.578. The van der Waals surface area contributed by atoms with Crippen LogP contribution in [0.5, 0.6) is 0 Å². The number of hydrogen-bond donors (Lipinski definition) is 0. The Labute approximate surface area is 139 Å². The fourth-order valence-corrected chi connectivity index (χ4v) is 2.94. The van der Waals surface area contributed by atoms with Gasteiger partial charge in [0, 0.05) is 37.8 Å². The van der Waals surface area contributed by atoms with E-state index < -0.39 is 11.6 Å². The lowest BCUT2D eigenvalue weighted by Gasteiger charge is -2.27. The molecule has 1 fully saturated rings. The van der Waals surface area contributed by atoms with E-state index in [1.807, 2.05) is 11.0 Å². The minimum absolute atomic E-state index is 0.181. The first-order chi connectivity index (χ1) is 11.6. The van der Waals surface area contributed by atoms with Crippen LogP contribution in [-0.4, -0.2) is 35.6 Å². The van der Waals surface area contributed by atoms with Gasteiger partial charge in [0.25, 0.3) is 0 Å². The third-order valence-electron chi connectivity index (χ3n) is 4.27. The van der Waals surface area contributed by atoms with Crippen molar-refractivity contribution in [3.63, 3.8) is 0 Å². The van der Waals surface area contributed by atoms with E-state index in [0.717, 1.165) is 12.5 Å². The molecule has 0 aliphatic carbocycles. The van der Waals surface area contributed by atoms with Crippen molar-refractivity contribution in [1.29, 1.82) is 5.26 Å². The van der Waals surface area contributed by atoms with E-state index >= 15 is 0 Å². The lowest BCUT2D eigenvalue weighted by Crippen LogP contribution is -2.35. The number of benzene rings is 1. The monoisotopic (exact) mass is 329 g/mol. The predicted octanol–water partition coefficient (Wildman–Crippen LogP) is 2.73. The number of rotatable bonds is 2. The molecule has 1 atom stereocenters. The maximum absolute atomic E-state index is 14.0. The summed E-state index contributed by atoms with van der Waals surface area (Å²) in [6.45, 7) is 3.94. The molecule has 0 bridgehead atoms. The van der Waals surface area contributed by atoms with Gasteiger partial charge in [-0.1, -0.05) is 0 Å². The predicted molar refractivity (Wildman–Crippen MR) is 86.7 cm³/mol. The van der Waals surface area contributed by atoms with Crippen molar-refractivity contribution in [1.82, 2.24) is 9.97 Å². The molecule has 0 radical (unpaired) electrons. The molecule has 24 heavy (non-hydrogen) atoms. The van der Waals surface area contributed by atoms with Crippen molar-refractivity contribution in [2.75, 3.05) is 29.4 Å². The Balaban J connectivity index is 1.81. The number of nitriles is 1. The van der Waals surface area contributed by atoms with Gasteiger partial charge in [-0.25, -0.2) is 18.7 Å². The SMILES string of the molecule is CC1CCN(c2ccc(F)cc2F)CCN1c1cc(C#N)ncn1. The summed E-state index contributed by atoms with van der Waals surface area (Å²) in [6.07, 6.45) is 2.17. The maximum Gasteiger partial charge on any atom is 0.149 e. The van der Waals surface area contributed by atoms with Crippen LogP contribution in [-0.2, 0) is 0 Å². The Morgan fingerprint density at radius 3 is 2.75 bits per heavy atom. The lowest BCUT2D eigenvalue weighted by molar-refractivity contribution is 0.578. The smallest absolute Gasteiger partial charge is 0.149 e. The highest BCUT2D eigenvalue weighted by Crippen LogP contribution is 2.25. The molecule has 5 nitrogen and oxygen atoms in total. The zero-order valence-electron chi connectivity index (χ0n) is 13.3. The Hall–Kier alpha value is -2.75. The van der Waals surface area contributed by atoms with Crippen LogP contribution in [0.25, 0.3) is 0 Å². The quantitative estimate of drug-likeness (QED) is 0.848. The van der Waals surface area contributed by atoms with Crippen LogP contribution in [0.3, 0.4) is 0 Å². The van der Waals surface area contributed by atoms with Gasteiger partial charge in [-0.3, -0.25) is 0 Å². The fourth-order valence-electron chi connectivity index (χ4n) is 2.94. The van der Waals surface area contributed by atoms with E-state index in [2.05, 4.69) is 21.8 Å². The molecule has 1 aliphatic heterocycles. The molecule has 0 saturated carbocycles. The average Bonchev–Trinajstić information content (AvgIpc) is 2.77. The van der Waals surface area contributed by atoms with Crippen LogP contribution in [0.2, 0.25) is 0 Å². The van der Waals surface area contributed by atoms with Crippen LogP contribution in [0.1, 0.15) is 19.0 Å². The molecular weight excluding hydrogens is 312 g/mol. The van der Waals surface area contributed by atoms with Gasteiger partial charge in [0.15, 0.2) is 0 Å². The Morgan fingerprint density at radius 2 is 2.00 bits per heavy atom. The van der Waals surface area contributed by atoms with Gasteiger partial charge < -0.3 is 9.80 Å². The van der Waals surface area contributed by atoms with E-state index in [0.29, 0.717) is 36.8 Å². The van der Waals surface area contributed by atoms with Crippen molar-refractivity contribution in [3.05, 3.63) is 47.9 Å². The highest BCUT2D eigenvalue weighted by atomic mass is 19.1. The summed E-state index contributed by atoms with van der Waals surface area (Å²) < 4.78 is 27.1. The van der Waals surface area contributed by atoms with Crippen LogP contribution in [0, 0.1) is 23.0 Å². The summed E-state index contributed by atoms with van der Waals surface area (Å²) in [7, 11) is 0. The second kappa shape index (κ2) is 6.79. The topological polar surface area (TPSA) is 56.0 Å². The second-order valence-corrected chi connectivity index (χ2v) is 5.79. The summed E-state index contributed by atoms with van der Waals surface area (Å²) in [4.78, 5) is 12.1. The zero-order valence-corrected chi connectivity index (χ0v) is 13.3. The first kappa shape index (κ1) is 16.1. The molecule has 1 aromatic heterocycles. The Kier molecular flexibility index (Phi) is 4.56. The van der Waals surface area contributed by atoms with Crippen molar-refractivity contribution >= 4 is 11.5 Å². The van der Waals surface area contributed by atoms with Crippen molar-refractivity contribution < 1.29 is 8.78 Å². The zero-order chi connectivity index (χ0) is 17.1. The van der Waals surface area contributed by atoms with Gasteiger partial charge in [-0.15, -0.1) is 0 Å². The third-order valence-corrected chi connectivity index (χ3v) is 4.27. The molecule has 2 aromatic rings. The van der Waals surface area contributed by atoms with Crippen LogP contribution in [0.4, 0.5) is 20.3 Å². The van der Waals surface area contributed by atoms with Crippen LogP contribution in [0.15, 0.2) is 30.6 Å². The molecule has 2 heterocycles. The van der Waals surface area contributed by atoms with Crippen molar-refractivity contribution in [3.8, 4) is 6.07 Å². The molecule has 0 N–H and O–H groups in total. The summed E-state index contributed by atoms with van der Waals surface area (Å²) in [5.41, 5.74) is 0.726. The largest absolute Gasteiger partial charge is 0.367 e. The minimum Gasteiger partial charge on any atom is -0.367 e. The molecule has 0 amide bonds. The summed E-state index contributed by atoms with van der Waals surface area (Å²) in [6, 6.07) is 7.50. The van der Waals surface area contributed by atoms with Crippen molar-refractivity contribution in [2.24, 2.45) is 0 Å². The number of anilines is 2. The van der Waals surface area contributed by atoms with Gasteiger partial charge in [0.05, 0.1) is 5.69 Å². The molecule has 1 aromatic carbocycles. The van der Waals surface area contributed by atoms with E-state index in [1.54, 1.807) is 6.07 Å². The van der Waals surface area contributed by atoms with E-state index in [1.165, 1.54) is 18.5 Å². The molecule has 1 aliphatic rings. The number of halogens is 2. The molecule has 7 heteroatoms. The van der Waals surface area contributed by atoms with Gasteiger partial charge in [0.1, 0.15) is 35.5 Å². The normalized spacial score (nSPS) is 18.2. The second-order valence-electron chi connectivity index (χ2n) is 5.79. The first-order valence-electron chi connectivity index (χ1n) is 7.77. The van der Waals surface area contributed by atoms with Gasteiger partial charge >= 0.3 is 0 Å². The number of nitrogens with zero attached hydrogens (tertiary/aromatic N) is 5. The van der Waals surface area contributed by atoms with Crippen LogP contribution >= 0.6 is 0 Å². The van der Waals surface area contributed by atoms with Gasteiger partial charge in [0.2, 0.25) is 0 Å².